The van der Waals surface area contributed by atoms with Crippen LogP contribution in [0.25, 0.3) is 0 Å². The smallest absolute Gasteiger partial charge is 0.224 e. The molecule has 0 fully saturated rings. The van der Waals surface area contributed by atoms with Crippen LogP contribution in [-0.2, 0) is 17.8 Å². The first-order chi connectivity index (χ1) is 9.56. The van der Waals surface area contributed by atoms with Crippen LogP contribution in [-0.4, -0.2) is 5.91 Å². The molecule has 0 heterocycles. The number of anilines is 1. The molecule has 0 aliphatic rings. The lowest BCUT2D eigenvalue weighted by atomic mass is 10.1. The van der Waals surface area contributed by atoms with E-state index < -0.39 is 5.82 Å². The van der Waals surface area contributed by atoms with Gasteiger partial charge >= 0.3 is 0 Å². The second kappa shape index (κ2) is 6.39. The molecule has 0 bridgehead atoms. The van der Waals surface area contributed by atoms with E-state index in [4.69, 9.17) is 17.3 Å². The van der Waals surface area contributed by atoms with Gasteiger partial charge in [-0.1, -0.05) is 29.8 Å². The van der Waals surface area contributed by atoms with Crippen molar-refractivity contribution in [3.05, 3.63) is 64.4 Å². The summed E-state index contributed by atoms with van der Waals surface area (Å²) < 4.78 is 13.5. The first-order valence-corrected chi connectivity index (χ1v) is 6.48. The van der Waals surface area contributed by atoms with E-state index in [9.17, 15) is 9.18 Å². The average molecular weight is 293 g/mol. The van der Waals surface area contributed by atoms with Crippen molar-refractivity contribution in [2.75, 3.05) is 5.73 Å². The maximum absolute atomic E-state index is 13.5. The molecule has 0 aliphatic heterocycles. The number of nitrogens with one attached hydrogen (secondary N) is 1. The third-order valence-corrected chi connectivity index (χ3v) is 3.19. The van der Waals surface area contributed by atoms with E-state index in [-0.39, 0.29) is 22.9 Å². The van der Waals surface area contributed by atoms with Gasteiger partial charge in [-0.25, -0.2) is 4.39 Å². The molecule has 0 saturated carbocycles. The van der Waals surface area contributed by atoms with Crippen LogP contribution in [0.15, 0.2) is 42.5 Å². The Hall–Kier alpha value is -2.07. The highest BCUT2D eigenvalue weighted by Gasteiger charge is 2.11. The fraction of sp³-hybridized carbons (Fsp3) is 0.133. The molecule has 2 rings (SSSR count). The molecule has 2 aromatic carbocycles. The molecule has 3 nitrogen and oxygen atoms in total. The molecule has 0 radical (unpaired) electrons. The van der Waals surface area contributed by atoms with Gasteiger partial charge in [-0.05, 0) is 29.8 Å². The van der Waals surface area contributed by atoms with Crippen LogP contribution in [0.1, 0.15) is 11.1 Å². The summed E-state index contributed by atoms with van der Waals surface area (Å²) in [7, 11) is 0. The summed E-state index contributed by atoms with van der Waals surface area (Å²) in [5.74, 6) is -0.768. The first kappa shape index (κ1) is 14.3. The molecule has 1 amide bonds. The van der Waals surface area contributed by atoms with Crippen molar-refractivity contribution in [1.29, 1.82) is 0 Å². The number of rotatable bonds is 4. The SMILES string of the molecule is Nc1cccc(CNC(=O)Cc2c(F)cccc2Cl)c1. The maximum atomic E-state index is 13.5. The number of nitrogens with two attached hydrogens (primary N) is 1. The largest absolute Gasteiger partial charge is 0.399 e. The standard InChI is InChI=1S/C15H14ClFN2O/c16-13-5-2-6-14(17)12(13)8-15(20)19-9-10-3-1-4-11(18)7-10/h1-7H,8-9,18H2,(H,19,20). The Morgan fingerprint density at radius 1 is 1.25 bits per heavy atom. The van der Waals surface area contributed by atoms with Gasteiger partial charge in [-0.2, -0.15) is 0 Å². The molecule has 3 N–H and O–H groups in total. The van der Waals surface area contributed by atoms with Gasteiger partial charge in [-0.3, -0.25) is 4.79 Å². The predicted molar refractivity (Wildman–Crippen MR) is 77.8 cm³/mol. The molecule has 5 heteroatoms. The van der Waals surface area contributed by atoms with Gasteiger partial charge in [0.1, 0.15) is 5.82 Å². The fourth-order valence-corrected chi connectivity index (χ4v) is 2.06. The van der Waals surface area contributed by atoms with Crippen molar-refractivity contribution in [3.8, 4) is 0 Å². The van der Waals surface area contributed by atoms with Crippen LogP contribution in [0.3, 0.4) is 0 Å². The lowest BCUT2D eigenvalue weighted by Gasteiger charge is -2.08. The Labute approximate surface area is 121 Å². The van der Waals surface area contributed by atoms with Crippen LogP contribution in [0, 0.1) is 5.82 Å². The van der Waals surface area contributed by atoms with Crippen LogP contribution in [0.5, 0.6) is 0 Å². The second-order valence-electron chi connectivity index (χ2n) is 4.40. The number of hydrogen-bond acceptors (Lipinski definition) is 2. The number of carbonyl (C=O) groups excluding carboxylic acids is 1. The fourth-order valence-electron chi connectivity index (χ4n) is 1.83. The topological polar surface area (TPSA) is 55.1 Å². The third-order valence-electron chi connectivity index (χ3n) is 2.84. The second-order valence-corrected chi connectivity index (χ2v) is 4.81. The zero-order valence-corrected chi connectivity index (χ0v) is 11.5. The minimum absolute atomic E-state index is 0.0895. The third kappa shape index (κ3) is 3.71. The molecule has 0 saturated heterocycles. The van der Waals surface area contributed by atoms with E-state index in [1.165, 1.54) is 12.1 Å². The van der Waals surface area contributed by atoms with Crippen LogP contribution >= 0.6 is 11.6 Å². The van der Waals surface area contributed by atoms with Crippen molar-refractivity contribution in [3.63, 3.8) is 0 Å². The molecule has 0 unspecified atom stereocenters. The number of hydrogen-bond donors (Lipinski definition) is 2. The van der Waals surface area contributed by atoms with E-state index >= 15 is 0 Å². The van der Waals surface area contributed by atoms with Crippen molar-refractivity contribution in [1.82, 2.24) is 5.32 Å². The number of nitrogen functional groups attached to an aromatic ring is 1. The minimum atomic E-state index is -0.475. The molecule has 0 spiro atoms. The molecular formula is C15H14ClFN2O. The number of benzene rings is 2. The lowest BCUT2D eigenvalue weighted by molar-refractivity contribution is -0.120. The zero-order chi connectivity index (χ0) is 14.5. The van der Waals surface area contributed by atoms with Crippen molar-refractivity contribution in [2.45, 2.75) is 13.0 Å². The monoisotopic (exact) mass is 292 g/mol. The highest BCUT2D eigenvalue weighted by molar-refractivity contribution is 6.31. The van der Waals surface area contributed by atoms with E-state index in [0.29, 0.717) is 12.2 Å². The molecule has 0 aliphatic carbocycles. The Morgan fingerprint density at radius 2 is 2.00 bits per heavy atom. The molecule has 104 valence electrons. The quantitative estimate of drug-likeness (QED) is 0.851. The summed E-state index contributed by atoms with van der Waals surface area (Å²) in [5.41, 5.74) is 7.38. The summed E-state index contributed by atoms with van der Waals surface area (Å²) in [6, 6.07) is 11.6. The van der Waals surface area contributed by atoms with E-state index in [1.54, 1.807) is 18.2 Å². The van der Waals surface area contributed by atoms with Gasteiger partial charge in [0, 0.05) is 22.8 Å². The predicted octanol–water partition coefficient (Wildman–Crippen LogP) is 2.92. The first-order valence-electron chi connectivity index (χ1n) is 6.10. The highest BCUT2D eigenvalue weighted by atomic mass is 35.5. The van der Waals surface area contributed by atoms with E-state index in [0.717, 1.165) is 5.56 Å². The van der Waals surface area contributed by atoms with Crippen LogP contribution in [0.2, 0.25) is 5.02 Å². The van der Waals surface area contributed by atoms with Gasteiger partial charge in [0.05, 0.1) is 6.42 Å². The average Bonchev–Trinajstić information content (AvgIpc) is 2.41. The van der Waals surface area contributed by atoms with E-state index in [1.807, 2.05) is 12.1 Å². The molecule has 2 aromatic rings. The molecule has 0 atom stereocenters. The summed E-state index contributed by atoms with van der Waals surface area (Å²) >= 11 is 5.88. The normalized spacial score (nSPS) is 10.3. The van der Waals surface area contributed by atoms with Crippen molar-refractivity contribution in [2.24, 2.45) is 0 Å². The molecular weight excluding hydrogens is 279 g/mol. The Morgan fingerprint density at radius 3 is 2.70 bits per heavy atom. The summed E-state index contributed by atoms with van der Waals surface area (Å²) in [5, 5.41) is 2.96. The van der Waals surface area contributed by atoms with Gasteiger partial charge in [0.2, 0.25) is 5.91 Å². The lowest BCUT2D eigenvalue weighted by Crippen LogP contribution is -2.25. The highest BCUT2D eigenvalue weighted by Crippen LogP contribution is 2.19. The van der Waals surface area contributed by atoms with Gasteiger partial charge in [0.15, 0.2) is 0 Å². The Kier molecular flexibility index (Phi) is 4.58. The number of halogens is 2. The summed E-state index contributed by atoms with van der Waals surface area (Å²) in [6.45, 7) is 0.343. The van der Waals surface area contributed by atoms with Crippen molar-refractivity contribution >= 4 is 23.2 Å². The number of amides is 1. The van der Waals surface area contributed by atoms with Crippen molar-refractivity contribution < 1.29 is 9.18 Å². The summed E-state index contributed by atoms with van der Waals surface area (Å²) in [6.07, 6.45) is -0.0895. The van der Waals surface area contributed by atoms with E-state index in [2.05, 4.69) is 5.32 Å². The zero-order valence-electron chi connectivity index (χ0n) is 10.7. The van der Waals surface area contributed by atoms with Gasteiger partial charge in [-0.15, -0.1) is 0 Å². The number of carbonyl (C=O) groups is 1. The van der Waals surface area contributed by atoms with Gasteiger partial charge < -0.3 is 11.1 Å². The maximum Gasteiger partial charge on any atom is 0.224 e. The van der Waals surface area contributed by atoms with Gasteiger partial charge in [0.25, 0.3) is 0 Å². The minimum Gasteiger partial charge on any atom is -0.399 e. The molecule has 0 aromatic heterocycles. The Balaban J connectivity index is 1.96. The van der Waals surface area contributed by atoms with Crippen LogP contribution < -0.4 is 11.1 Å². The summed E-state index contributed by atoms with van der Waals surface area (Å²) in [4.78, 5) is 11.8. The van der Waals surface area contributed by atoms with Crippen LogP contribution in [0.4, 0.5) is 10.1 Å². The molecule has 20 heavy (non-hydrogen) atoms. The Bertz CT molecular complexity index is 611.